The van der Waals surface area contributed by atoms with Gasteiger partial charge in [0.15, 0.2) is 0 Å². The number of hydrogen-bond acceptors (Lipinski definition) is 5. The van der Waals surface area contributed by atoms with Crippen molar-refractivity contribution in [3.05, 3.63) is 25.3 Å². The van der Waals surface area contributed by atoms with Crippen molar-refractivity contribution < 1.29 is 24.0 Å². The normalized spacial score (nSPS) is 25.1. The Kier molecular flexibility index (Phi) is 11.2. The fraction of sp³-hybridized carbons (Fsp3) is 0.710. The van der Waals surface area contributed by atoms with Crippen molar-refractivity contribution in [3.63, 3.8) is 0 Å². The summed E-state index contributed by atoms with van der Waals surface area (Å²) in [6, 6.07) is -2.99. The molecule has 0 aromatic rings. The number of fused-ring (bicyclic) bond motifs is 1. The topological polar surface area (TPSA) is 137 Å². The molecular weight excluding hydrogens is 522 g/mol. The molecular formula is C31H49N5O5. The standard InChI is InChI=1S/C31H49N5O5/c1-7-10-16-22(26(37)28(39)32-17-8-2)34-27(38)25-23-21(31(23,5)6)18-36(25)29(40)24(20-14-12-11-13-15-20)35-30(41)33-19(4)9-3/h7-8,19-25H,1-2,9-18H2,3-6H3,(H,32,39)(H,34,38)(H2,33,35,41)/t19?,21?,22?,23-,24-,25-/m0/s1. The fourth-order valence-corrected chi connectivity index (χ4v) is 6.57. The molecule has 10 heteroatoms. The molecule has 0 spiro atoms. The molecule has 3 fully saturated rings. The summed E-state index contributed by atoms with van der Waals surface area (Å²) in [7, 11) is 0. The van der Waals surface area contributed by atoms with E-state index in [1.165, 1.54) is 6.08 Å². The van der Waals surface area contributed by atoms with E-state index >= 15 is 0 Å². The largest absolute Gasteiger partial charge is 0.346 e. The zero-order valence-electron chi connectivity index (χ0n) is 25.2. The van der Waals surface area contributed by atoms with Crippen molar-refractivity contribution >= 4 is 29.5 Å². The van der Waals surface area contributed by atoms with Gasteiger partial charge in [-0.25, -0.2) is 4.79 Å². The molecule has 4 N–H and O–H groups in total. The van der Waals surface area contributed by atoms with Crippen LogP contribution in [0.4, 0.5) is 4.79 Å². The minimum Gasteiger partial charge on any atom is -0.346 e. The summed E-state index contributed by atoms with van der Waals surface area (Å²) >= 11 is 0. The first-order valence-electron chi connectivity index (χ1n) is 15.2. The molecule has 2 aliphatic carbocycles. The van der Waals surface area contributed by atoms with Gasteiger partial charge in [0, 0.05) is 19.1 Å². The summed E-state index contributed by atoms with van der Waals surface area (Å²) in [4.78, 5) is 67.9. The number of nitrogens with one attached hydrogen (secondary N) is 4. The first kappa shape index (κ1) is 32.3. The molecule has 0 bridgehead atoms. The third-order valence-corrected chi connectivity index (χ3v) is 9.35. The molecule has 3 aliphatic rings. The van der Waals surface area contributed by atoms with Crippen molar-refractivity contribution in [2.24, 2.45) is 23.2 Å². The molecule has 1 aliphatic heterocycles. The average Bonchev–Trinajstić information content (AvgIpc) is 3.27. The number of carbonyl (C=O) groups excluding carboxylic acids is 5. The molecule has 2 saturated carbocycles. The van der Waals surface area contributed by atoms with Crippen LogP contribution in [0.2, 0.25) is 0 Å². The molecule has 0 radical (unpaired) electrons. The summed E-state index contributed by atoms with van der Waals surface area (Å²) in [5.74, 6) is -2.18. The quantitative estimate of drug-likeness (QED) is 0.188. The molecule has 5 amide bonds. The number of piperidine rings is 1. The molecule has 0 aromatic carbocycles. The Labute approximate surface area is 244 Å². The van der Waals surface area contributed by atoms with Crippen molar-refractivity contribution in [3.8, 4) is 0 Å². The monoisotopic (exact) mass is 571 g/mol. The number of rotatable bonds is 14. The third kappa shape index (κ3) is 7.57. The van der Waals surface area contributed by atoms with Crippen LogP contribution in [-0.4, -0.2) is 71.7 Å². The molecule has 1 saturated heterocycles. The molecule has 3 unspecified atom stereocenters. The second-order valence-corrected chi connectivity index (χ2v) is 12.5. The van der Waals surface area contributed by atoms with E-state index < -0.39 is 35.7 Å². The van der Waals surface area contributed by atoms with Crippen LogP contribution < -0.4 is 21.3 Å². The molecule has 228 valence electrons. The van der Waals surface area contributed by atoms with Gasteiger partial charge in [-0.3, -0.25) is 19.2 Å². The van der Waals surface area contributed by atoms with Crippen molar-refractivity contribution in [1.29, 1.82) is 0 Å². The Bertz CT molecular complexity index is 1020. The van der Waals surface area contributed by atoms with Crippen LogP contribution in [0, 0.1) is 23.2 Å². The van der Waals surface area contributed by atoms with E-state index in [-0.39, 0.29) is 54.1 Å². The van der Waals surface area contributed by atoms with Crippen molar-refractivity contribution in [2.75, 3.05) is 13.1 Å². The van der Waals surface area contributed by atoms with Gasteiger partial charge in [0.2, 0.25) is 17.6 Å². The van der Waals surface area contributed by atoms with Gasteiger partial charge in [-0.1, -0.05) is 52.2 Å². The Balaban J connectivity index is 1.84. The summed E-state index contributed by atoms with van der Waals surface area (Å²) in [6.45, 7) is 15.9. The van der Waals surface area contributed by atoms with Gasteiger partial charge >= 0.3 is 6.03 Å². The molecule has 1 heterocycles. The molecule has 6 atom stereocenters. The maximum atomic E-state index is 14.2. The minimum absolute atomic E-state index is 0.0111. The zero-order chi connectivity index (χ0) is 30.3. The van der Waals surface area contributed by atoms with Crippen LogP contribution in [0.1, 0.15) is 79.1 Å². The lowest BCUT2D eigenvalue weighted by molar-refractivity contribution is -0.144. The highest BCUT2D eigenvalue weighted by molar-refractivity contribution is 6.38. The lowest BCUT2D eigenvalue weighted by Crippen LogP contribution is -2.60. The lowest BCUT2D eigenvalue weighted by atomic mass is 9.83. The van der Waals surface area contributed by atoms with Crippen LogP contribution in [-0.2, 0) is 19.2 Å². The Morgan fingerprint density at radius 1 is 1.00 bits per heavy atom. The van der Waals surface area contributed by atoms with E-state index in [0.717, 1.165) is 38.5 Å². The minimum atomic E-state index is -1.04. The molecule has 10 nitrogen and oxygen atoms in total. The number of nitrogens with zero attached hydrogens (tertiary/aromatic N) is 1. The highest BCUT2D eigenvalue weighted by Crippen LogP contribution is 2.65. The molecule has 0 aromatic heterocycles. The van der Waals surface area contributed by atoms with E-state index in [0.29, 0.717) is 13.0 Å². The maximum absolute atomic E-state index is 14.2. The predicted octanol–water partition coefficient (Wildman–Crippen LogP) is 2.84. The van der Waals surface area contributed by atoms with Gasteiger partial charge in [0.1, 0.15) is 12.1 Å². The predicted molar refractivity (Wildman–Crippen MR) is 158 cm³/mol. The van der Waals surface area contributed by atoms with Crippen LogP contribution in [0.25, 0.3) is 0 Å². The van der Waals surface area contributed by atoms with Gasteiger partial charge in [-0.05, 0) is 62.2 Å². The first-order chi connectivity index (χ1) is 19.5. The summed E-state index contributed by atoms with van der Waals surface area (Å²) < 4.78 is 0. The van der Waals surface area contributed by atoms with Crippen LogP contribution in [0.5, 0.6) is 0 Å². The molecule has 41 heavy (non-hydrogen) atoms. The Morgan fingerprint density at radius 3 is 2.29 bits per heavy atom. The summed E-state index contributed by atoms with van der Waals surface area (Å²) in [5, 5.41) is 11.2. The number of hydrogen-bond donors (Lipinski definition) is 4. The fourth-order valence-electron chi connectivity index (χ4n) is 6.57. The Hall–Kier alpha value is -3.17. The average molecular weight is 572 g/mol. The smallest absolute Gasteiger partial charge is 0.315 e. The van der Waals surface area contributed by atoms with Crippen molar-refractivity contribution in [1.82, 2.24) is 26.2 Å². The number of Topliss-reactive ketones (excluding diaryl/α,β-unsaturated/α-hetero) is 1. The van der Waals surface area contributed by atoms with Gasteiger partial charge in [0.25, 0.3) is 5.91 Å². The van der Waals surface area contributed by atoms with E-state index in [1.54, 1.807) is 11.0 Å². The Morgan fingerprint density at radius 2 is 1.68 bits per heavy atom. The molecule has 3 rings (SSSR count). The van der Waals surface area contributed by atoms with Gasteiger partial charge in [-0.15, -0.1) is 13.2 Å². The van der Waals surface area contributed by atoms with E-state index in [1.807, 2.05) is 13.8 Å². The first-order valence-corrected chi connectivity index (χ1v) is 15.2. The SMILES string of the molecule is C=CCCC(NC(=O)[C@@H]1[C@@H]2C(CN1C(=O)[C@@H](NC(=O)NC(C)CC)C1CCCCC1)C2(C)C)C(=O)C(=O)NCC=C. The zero-order valence-corrected chi connectivity index (χ0v) is 25.2. The van der Waals surface area contributed by atoms with Crippen molar-refractivity contribution in [2.45, 2.75) is 103 Å². The lowest BCUT2D eigenvalue weighted by Gasteiger charge is -2.37. The van der Waals surface area contributed by atoms with Gasteiger partial charge < -0.3 is 26.2 Å². The van der Waals surface area contributed by atoms with E-state index in [9.17, 15) is 24.0 Å². The van der Waals surface area contributed by atoms with Gasteiger partial charge in [0.05, 0.1) is 6.04 Å². The van der Waals surface area contributed by atoms with Crippen LogP contribution in [0.15, 0.2) is 25.3 Å². The van der Waals surface area contributed by atoms with Gasteiger partial charge in [-0.2, -0.15) is 0 Å². The number of carbonyl (C=O) groups is 5. The second-order valence-electron chi connectivity index (χ2n) is 12.5. The highest BCUT2D eigenvalue weighted by atomic mass is 16.2. The maximum Gasteiger partial charge on any atom is 0.315 e. The number of urea groups is 1. The van der Waals surface area contributed by atoms with Crippen LogP contribution in [0.3, 0.4) is 0 Å². The number of ketones is 1. The van der Waals surface area contributed by atoms with E-state index in [2.05, 4.69) is 48.3 Å². The number of allylic oxidation sites excluding steroid dienone is 1. The third-order valence-electron chi connectivity index (χ3n) is 9.35. The van der Waals surface area contributed by atoms with E-state index in [4.69, 9.17) is 0 Å². The highest BCUT2D eigenvalue weighted by Gasteiger charge is 2.69. The summed E-state index contributed by atoms with van der Waals surface area (Å²) in [6.07, 6.45) is 9.26. The number of likely N-dealkylation sites (tertiary alicyclic amines) is 1. The second kappa shape index (κ2) is 14.1. The van der Waals surface area contributed by atoms with Crippen LogP contribution >= 0.6 is 0 Å². The summed E-state index contributed by atoms with van der Waals surface area (Å²) in [5.41, 5.74) is -0.136. The number of amides is 5.